The van der Waals surface area contributed by atoms with Crippen LogP contribution in [0.25, 0.3) is 5.69 Å². The number of halogens is 3. The van der Waals surface area contributed by atoms with Crippen LogP contribution < -0.4 is 4.72 Å². The molecule has 0 aliphatic heterocycles. The molecular formula is C21H20F3N3O3S. The van der Waals surface area contributed by atoms with Crippen LogP contribution in [-0.4, -0.2) is 24.1 Å². The predicted octanol–water partition coefficient (Wildman–Crippen LogP) is 4.19. The van der Waals surface area contributed by atoms with Crippen molar-refractivity contribution >= 4 is 15.9 Å². The van der Waals surface area contributed by atoms with E-state index in [1.54, 1.807) is 21.5 Å². The number of nitrogens with one attached hydrogen (secondary N) is 1. The van der Waals surface area contributed by atoms with Crippen LogP contribution >= 0.6 is 0 Å². The molecule has 10 heteroatoms. The summed E-state index contributed by atoms with van der Waals surface area (Å²) in [6, 6.07) is 9.27. The fourth-order valence-corrected chi connectivity index (χ4v) is 4.29. The van der Waals surface area contributed by atoms with E-state index in [0.717, 1.165) is 41.6 Å². The van der Waals surface area contributed by atoms with Gasteiger partial charge >= 0.3 is 6.18 Å². The van der Waals surface area contributed by atoms with E-state index in [9.17, 15) is 26.4 Å². The monoisotopic (exact) mass is 451 g/mol. The number of amides is 1. The lowest BCUT2D eigenvalue weighted by atomic mass is 10.1. The number of nitrogens with zero attached hydrogens (tertiary/aromatic N) is 2. The van der Waals surface area contributed by atoms with Gasteiger partial charge in [-0.15, -0.1) is 0 Å². The number of alkyl halides is 3. The summed E-state index contributed by atoms with van der Waals surface area (Å²) >= 11 is 0. The highest BCUT2D eigenvalue weighted by Gasteiger charge is 2.32. The summed E-state index contributed by atoms with van der Waals surface area (Å²) in [4.78, 5) is 11.7. The van der Waals surface area contributed by atoms with E-state index < -0.39 is 32.6 Å². The molecule has 1 aromatic heterocycles. The van der Waals surface area contributed by atoms with Gasteiger partial charge in [-0.25, -0.2) is 17.8 Å². The molecule has 0 aliphatic rings. The molecule has 0 atom stereocenters. The Bertz CT molecular complexity index is 1230. The maximum atomic E-state index is 12.8. The molecule has 3 aromatic rings. The smallest absolute Gasteiger partial charge is 0.268 e. The molecule has 0 fully saturated rings. The largest absolute Gasteiger partial charge is 0.416 e. The fraction of sp³-hybridized carbons (Fsp3) is 0.238. The number of benzene rings is 2. The van der Waals surface area contributed by atoms with Crippen LogP contribution in [0.3, 0.4) is 0 Å². The van der Waals surface area contributed by atoms with Gasteiger partial charge in [0.05, 0.1) is 21.8 Å². The third kappa shape index (κ3) is 4.63. The predicted molar refractivity (Wildman–Crippen MR) is 109 cm³/mol. The van der Waals surface area contributed by atoms with Crippen LogP contribution in [0.15, 0.2) is 53.4 Å². The van der Waals surface area contributed by atoms with Crippen LogP contribution in [0.5, 0.6) is 0 Å². The first-order chi connectivity index (χ1) is 14.4. The quantitative estimate of drug-likeness (QED) is 0.631. The Kier molecular flexibility index (Phi) is 5.95. The zero-order chi connectivity index (χ0) is 23.0. The molecule has 0 aliphatic carbocycles. The van der Waals surface area contributed by atoms with Crippen molar-refractivity contribution in [2.24, 2.45) is 0 Å². The second-order valence-electron chi connectivity index (χ2n) is 6.92. The first-order valence-corrected chi connectivity index (χ1v) is 10.8. The van der Waals surface area contributed by atoms with Gasteiger partial charge in [-0.3, -0.25) is 4.79 Å². The van der Waals surface area contributed by atoms with Crippen molar-refractivity contribution in [2.45, 2.75) is 38.3 Å². The molecule has 0 spiro atoms. The third-order valence-corrected chi connectivity index (χ3v) is 6.20. The molecule has 1 N–H and O–H groups in total. The number of aryl methyl sites for hydroxylation is 1. The average Bonchev–Trinajstić information content (AvgIpc) is 3.00. The molecule has 2 aromatic carbocycles. The lowest BCUT2D eigenvalue weighted by Gasteiger charge is -2.11. The summed E-state index contributed by atoms with van der Waals surface area (Å²) in [5.41, 5.74) is 2.59. The molecule has 0 bridgehead atoms. The van der Waals surface area contributed by atoms with E-state index in [2.05, 4.69) is 5.10 Å². The van der Waals surface area contributed by atoms with Crippen molar-refractivity contribution < 1.29 is 26.4 Å². The zero-order valence-electron chi connectivity index (χ0n) is 17.0. The van der Waals surface area contributed by atoms with Gasteiger partial charge in [-0.1, -0.05) is 13.0 Å². The normalized spacial score (nSPS) is 12.1. The second kappa shape index (κ2) is 8.18. The Morgan fingerprint density at radius 2 is 1.74 bits per heavy atom. The number of carbonyl (C=O) groups is 1. The van der Waals surface area contributed by atoms with E-state index in [1.807, 2.05) is 20.8 Å². The van der Waals surface area contributed by atoms with Crippen molar-refractivity contribution in [3.8, 4) is 5.69 Å². The molecule has 0 radical (unpaired) electrons. The third-order valence-electron chi connectivity index (χ3n) is 4.87. The van der Waals surface area contributed by atoms with Crippen LogP contribution in [0.2, 0.25) is 0 Å². The van der Waals surface area contributed by atoms with Crippen molar-refractivity contribution in [3.05, 3.63) is 76.6 Å². The molecular weight excluding hydrogens is 431 g/mol. The van der Waals surface area contributed by atoms with Crippen LogP contribution in [0.4, 0.5) is 13.2 Å². The second-order valence-corrected chi connectivity index (χ2v) is 8.60. The van der Waals surface area contributed by atoms with Crippen molar-refractivity contribution in [3.63, 3.8) is 0 Å². The van der Waals surface area contributed by atoms with Gasteiger partial charge in [-0.2, -0.15) is 18.3 Å². The highest BCUT2D eigenvalue weighted by atomic mass is 32.2. The van der Waals surface area contributed by atoms with Crippen LogP contribution in [-0.2, 0) is 22.6 Å². The minimum absolute atomic E-state index is 0.0385. The van der Waals surface area contributed by atoms with Gasteiger partial charge < -0.3 is 0 Å². The number of hydrogen-bond acceptors (Lipinski definition) is 4. The minimum Gasteiger partial charge on any atom is -0.268 e. The topological polar surface area (TPSA) is 81.1 Å². The van der Waals surface area contributed by atoms with Gasteiger partial charge in [0.1, 0.15) is 0 Å². The van der Waals surface area contributed by atoms with Gasteiger partial charge in [0.15, 0.2) is 0 Å². The van der Waals surface area contributed by atoms with Crippen LogP contribution in [0.1, 0.15) is 39.8 Å². The van der Waals surface area contributed by atoms with E-state index in [4.69, 9.17) is 0 Å². The SMILES string of the molecule is CCc1c(C)nn(-c2ccc(C(=O)NS(=O)(=O)c3cccc(C(F)(F)F)c3)cc2)c1C. The lowest BCUT2D eigenvalue weighted by molar-refractivity contribution is -0.137. The summed E-state index contributed by atoms with van der Waals surface area (Å²) in [5, 5.41) is 4.48. The molecule has 164 valence electrons. The van der Waals surface area contributed by atoms with Crippen molar-refractivity contribution in [2.75, 3.05) is 0 Å². The van der Waals surface area contributed by atoms with E-state index in [-0.39, 0.29) is 5.56 Å². The molecule has 31 heavy (non-hydrogen) atoms. The summed E-state index contributed by atoms with van der Waals surface area (Å²) in [7, 11) is -4.48. The van der Waals surface area contributed by atoms with E-state index >= 15 is 0 Å². The Morgan fingerprint density at radius 3 is 2.29 bits per heavy atom. The standard InChI is InChI=1S/C21H20F3N3O3S/c1-4-19-13(2)25-27(14(19)3)17-10-8-15(9-11-17)20(28)26-31(29,30)18-7-5-6-16(12-18)21(22,23)24/h5-12H,4H2,1-3H3,(H,26,28). The summed E-state index contributed by atoms with van der Waals surface area (Å²) in [5.74, 6) is -0.952. The number of rotatable bonds is 5. The molecule has 6 nitrogen and oxygen atoms in total. The number of aromatic nitrogens is 2. The summed E-state index contributed by atoms with van der Waals surface area (Å²) in [6.45, 7) is 5.86. The Morgan fingerprint density at radius 1 is 1.10 bits per heavy atom. The van der Waals surface area contributed by atoms with Crippen molar-refractivity contribution in [1.82, 2.24) is 14.5 Å². The molecule has 3 rings (SSSR count). The average molecular weight is 451 g/mol. The highest BCUT2D eigenvalue weighted by molar-refractivity contribution is 7.90. The molecule has 0 saturated heterocycles. The van der Waals surface area contributed by atoms with Crippen molar-refractivity contribution in [1.29, 1.82) is 0 Å². The van der Waals surface area contributed by atoms with Crippen LogP contribution in [0, 0.1) is 13.8 Å². The zero-order valence-corrected chi connectivity index (χ0v) is 17.8. The van der Waals surface area contributed by atoms with Gasteiger partial charge in [0.2, 0.25) is 0 Å². The molecule has 1 amide bonds. The lowest BCUT2D eigenvalue weighted by Crippen LogP contribution is -2.30. The first-order valence-electron chi connectivity index (χ1n) is 9.34. The Labute approximate surface area is 177 Å². The summed E-state index contributed by atoms with van der Waals surface area (Å²) < 4.78 is 66.9. The van der Waals surface area contributed by atoms with Gasteiger partial charge in [0, 0.05) is 11.3 Å². The highest BCUT2D eigenvalue weighted by Crippen LogP contribution is 2.30. The van der Waals surface area contributed by atoms with E-state index in [1.165, 1.54) is 12.1 Å². The fourth-order valence-electron chi connectivity index (χ4n) is 3.27. The summed E-state index contributed by atoms with van der Waals surface area (Å²) in [6.07, 6.45) is -3.88. The number of hydrogen-bond donors (Lipinski definition) is 1. The first kappa shape index (κ1) is 22.5. The molecule has 0 saturated carbocycles. The number of carbonyl (C=O) groups excluding carboxylic acids is 1. The maximum absolute atomic E-state index is 12.8. The van der Waals surface area contributed by atoms with Gasteiger partial charge in [0.25, 0.3) is 15.9 Å². The molecule has 0 unspecified atom stereocenters. The van der Waals surface area contributed by atoms with E-state index in [0.29, 0.717) is 11.8 Å². The maximum Gasteiger partial charge on any atom is 0.416 e. The Balaban J connectivity index is 1.83. The Hall–Kier alpha value is -3.14. The number of sulfonamides is 1. The van der Waals surface area contributed by atoms with Gasteiger partial charge in [-0.05, 0) is 68.3 Å². The molecule has 1 heterocycles. The minimum atomic E-state index is -4.70.